The van der Waals surface area contributed by atoms with Crippen molar-refractivity contribution in [3.63, 3.8) is 0 Å². The number of Topliss-reactive ketones (excluding diaryl/α,β-unsaturated/α-hetero) is 1. The maximum absolute atomic E-state index is 11.1. The number of benzene rings is 1. The third-order valence-electron chi connectivity index (χ3n) is 1.63. The molecule has 0 aliphatic heterocycles. The Hall–Kier alpha value is -2.22. The number of phenolic OH excluding ortho intramolecular Hbond substituents is 3. The molecule has 1 aromatic carbocycles. The summed E-state index contributed by atoms with van der Waals surface area (Å²) in [5.41, 5.74) is -0.0145. The summed E-state index contributed by atoms with van der Waals surface area (Å²) in [6.07, 6.45) is -0.344. The van der Waals surface area contributed by atoms with E-state index in [4.69, 9.17) is 20.6 Å². The SMILES string of the molecule is N#CCC(=O)c1cc(O)c(O)c(O)c1. The van der Waals surface area contributed by atoms with Crippen LogP contribution in [0.2, 0.25) is 0 Å². The quantitative estimate of drug-likeness (QED) is 0.478. The number of ketones is 1. The average molecular weight is 193 g/mol. The Kier molecular flexibility index (Phi) is 2.58. The second kappa shape index (κ2) is 3.66. The second-order valence-corrected chi connectivity index (χ2v) is 2.62. The van der Waals surface area contributed by atoms with E-state index in [1.807, 2.05) is 0 Å². The molecule has 0 unspecified atom stereocenters. The van der Waals surface area contributed by atoms with Crippen LogP contribution in [0.1, 0.15) is 16.8 Å². The van der Waals surface area contributed by atoms with Crippen LogP contribution < -0.4 is 0 Å². The molecule has 3 N–H and O–H groups in total. The van der Waals surface area contributed by atoms with Crippen LogP contribution in [0.4, 0.5) is 0 Å². The molecule has 0 bridgehead atoms. The van der Waals surface area contributed by atoms with Gasteiger partial charge in [0.1, 0.15) is 0 Å². The number of hydrogen-bond donors (Lipinski definition) is 3. The molecular formula is C9H7NO4. The molecule has 0 fully saturated rings. The van der Waals surface area contributed by atoms with Crippen LogP contribution in [0.5, 0.6) is 17.2 Å². The minimum absolute atomic E-state index is 0.0145. The first-order valence-electron chi connectivity index (χ1n) is 3.71. The minimum atomic E-state index is -0.682. The van der Waals surface area contributed by atoms with Crippen molar-refractivity contribution < 1.29 is 20.1 Å². The lowest BCUT2D eigenvalue weighted by atomic mass is 10.1. The van der Waals surface area contributed by atoms with E-state index in [9.17, 15) is 4.79 Å². The molecule has 0 radical (unpaired) electrons. The summed E-state index contributed by atoms with van der Waals surface area (Å²) in [6, 6.07) is 3.63. The van der Waals surface area contributed by atoms with Gasteiger partial charge in [-0.1, -0.05) is 0 Å². The van der Waals surface area contributed by atoms with Gasteiger partial charge in [0.25, 0.3) is 0 Å². The van der Waals surface area contributed by atoms with Gasteiger partial charge in [0, 0.05) is 5.56 Å². The molecule has 0 saturated carbocycles. The zero-order valence-corrected chi connectivity index (χ0v) is 7.06. The first-order chi connectivity index (χ1) is 6.56. The predicted molar refractivity (Wildman–Crippen MR) is 46.0 cm³/mol. The molecule has 0 aliphatic carbocycles. The number of phenols is 3. The molecule has 0 heterocycles. The van der Waals surface area contributed by atoms with Gasteiger partial charge in [0.15, 0.2) is 23.0 Å². The largest absolute Gasteiger partial charge is 0.504 e. The van der Waals surface area contributed by atoms with E-state index in [1.165, 1.54) is 0 Å². The zero-order chi connectivity index (χ0) is 10.7. The Bertz CT molecular complexity index is 396. The summed E-state index contributed by atoms with van der Waals surface area (Å²) in [7, 11) is 0. The number of hydrogen-bond acceptors (Lipinski definition) is 5. The lowest BCUT2D eigenvalue weighted by molar-refractivity contribution is 0.0997. The van der Waals surface area contributed by atoms with Gasteiger partial charge in [0.2, 0.25) is 0 Å². The molecule has 0 spiro atoms. The highest BCUT2D eigenvalue weighted by Crippen LogP contribution is 2.35. The van der Waals surface area contributed by atoms with E-state index < -0.39 is 23.0 Å². The zero-order valence-electron chi connectivity index (χ0n) is 7.06. The minimum Gasteiger partial charge on any atom is -0.504 e. The first kappa shape index (κ1) is 9.86. The molecular weight excluding hydrogens is 186 g/mol. The van der Waals surface area contributed by atoms with E-state index in [0.717, 1.165) is 12.1 Å². The van der Waals surface area contributed by atoms with Crippen LogP contribution in [0.3, 0.4) is 0 Å². The molecule has 0 aliphatic rings. The monoisotopic (exact) mass is 193 g/mol. The van der Waals surface area contributed by atoms with Gasteiger partial charge < -0.3 is 15.3 Å². The fourth-order valence-corrected chi connectivity index (χ4v) is 0.939. The third-order valence-corrected chi connectivity index (χ3v) is 1.63. The van der Waals surface area contributed by atoms with Crippen molar-refractivity contribution in [3.05, 3.63) is 17.7 Å². The average Bonchev–Trinajstić information content (AvgIpc) is 2.13. The number of aromatic hydroxyl groups is 3. The molecule has 5 nitrogen and oxygen atoms in total. The Labute approximate surface area is 79.5 Å². The van der Waals surface area contributed by atoms with Crippen molar-refractivity contribution in [2.45, 2.75) is 6.42 Å². The van der Waals surface area contributed by atoms with Gasteiger partial charge in [-0.05, 0) is 12.1 Å². The van der Waals surface area contributed by atoms with E-state index in [2.05, 4.69) is 0 Å². The number of nitriles is 1. The predicted octanol–water partition coefficient (Wildman–Crippen LogP) is 0.900. The van der Waals surface area contributed by atoms with E-state index >= 15 is 0 Å². The van der Waals surface area contributed by atoms with Crippen LogP contribution in [0.15, 0.2) is 12.1 Å². The lowest BCUT2D eigenvalue weighted by Gasteiger charge is -2.03. The summed E-state index contributed by atoms with van der Waals surface area (Å²) >= 11 is 0. The topological polar surface area (TPSA) is 102 Å². The van der Waals surface area contributed by atoms with Crippen LogP contribution >= 0.6 is 0 Å². The Balaban J connectivity index is 3.14. The first-order valence-corrected chi connectivity index (χ1v) is 3.71. The smallest absolute Gasteiger partial charge is 0.200 e. The summed E-state index contributed by atoms with van der Waals surface area (Å²) < 4.78 is 0. The molecule has 0 amide bonds. The van der Waals surface area contributed by atoms with Crippen molar-refractivity contribution in [3.8, 4) is 23.3 Å². The van der Waals surface area contributed by atoms with Crippen LogP contribution in [0, 0.1) is 11.3 Å². The van der Waals surface area contributed by atoms with Gasteiger partial charge in [-0.15, -0.1) is 0 Å². The normalized spacial score (nSPS) is 9.36. The van der Waals surface area contributed by atoms with Gasteiger partial charge in [-0.3, -0.25) is 4.79 Å². The van der Waals surface area contributed by atoms with Crippen molar-refractivity contribution in [2.24, 2.45) is 0 Å². The molecule has 0 aromatic heterocycles. The molecule has 14 heavy (non-hydrogen) atoms. The maximum Gasteiger partial charge on any atom is 0.200 e. The van der Waals surface area contributed by atoms with Crippen LogP contribution in [-0.4, -0.2) is 21.1 Å². The fraction of sp³-hybridized carbons (Fsp3) is 0.111. The molecule has 72 valence electrons. The number of rotatable bonds is 2. The third kappa shape index (κ3) is 1.75. The summed E-state index contributed by atoms with van der Waals surface area (Å²) in [5.74, 6) is -2.39. The summed E-state index contributed by atoms with van der Waals surface area (Å²) in [4.78, 5) is 11.1. The number of carbonyl (C=O) groups is 1. The van der Waals surface area contributed by atoms with Gasteiger partial charge in [-0.25, -0.2) is 0 Å². The molecule has 1 aromatic rings. The number of nitrogens with zero attached hydrogens (tertiary/aromatic N) is 1. The lowest BCUT2D eigenvalue weighted by Crippen LogP contribution is -1.96. The van der Waals surface area contributed by atoms with Crippen molar-refractivity contribution in [1.82, 2.24) is 0 Å². The van der Waals surface area contributed by atoms with Crippen molar-refractivity contribution in [2.75, 3.05) is 0 Å². The molecule has 1 rings (SSSR count). The van der Waals surface area contributed by atoms with Gasteiger partial charge >= 0.3 is 0 Å². The van der Waals surface area contributed by atoms with Crippen LogP contribution in [-0.2, 0) is 0 Å². The van der Waals surface area contributed by atoms with E-state index in [0.29, 0.717) is 0 Å². The second-order valence-electron chi connectivity index (χ2n) is 2.62. The Morgan fingerprint density at radius 3 is 2.21 bits per heavy atom. The fourth-order valence-electron chi connectivity index (χ4n) is 0.939. The molecule has 5 heteroatoms. The van der Waals surface area contributed by atoms with Gasteiger partial charge in [0.05, 0.1) is 12.5 Å². The van der Waals surface area contributed by atoms with Gasteiger partial charge in [-0.2, -0.15) is 5.26 Å². The Morgan fingerprint density at radius 2 is 1.79 bits per heavy atom. The summed E-state index contributed by atoms with van der Waals surface area (Å²) in [6.45, 7) is 0. The van der Waals surface area contributed by atoms with Crippen LogP contribution in [0.25, 0.3) is 0 Å². The van der Waals surface area contributed by atoms with E-state index in [-0.39, 0.29) is 12.0 Å². The highest BCUT2D eigenvalue weighted by Gasteiger charge is 2.12. The van der Waals surface area contributed by atoms with Crippen molar-refractivity contribution >= 4 is 5.78 Å². The highest BCUT2D eigenvalue weighted by atomic mass is 16.3. The Morgan fingerprint density at radius 1 is 1.29 bits per heavy atom. The van der Waals surface area contributed by atoms with Crippen molar-refractivity contribution in [1.29, 1.82) is 5.26 Å². The molecule has 0 atom stereocenters. The summed E-state index contributed by atoms with van der Waals surface area (Å²) in [5, 5.41) is 35.3. The number of carbonyl (C=O) groups excluding carboxylic acids is 1. The van der Waals surface area contributed by atoms with E-state index in [1.54, 1.807) is 6.07 Å². The highest BCUT2D eigenvalue weighted by molar-refractivity contribution is 5.98. The maximum atomic E-state index is 11.1. The standard InChI is InChI=1S/C9H7NO4/c10-2-1-6(11)5-3-7(12)9(14)8(13)4-5/h3-4,12-14H,1H2. The molecule has 0 saturated heterocycles.